The van der Waals surface area contributed by atoms with Crippen molar-refractivity contribution in [2.24, 2.45) is 0 Å². The highest BCUT2D eigenvalue weighted by molar-refractivity contribution is 6.30. The fourth-order valence-corrected chi connectivity index (χ4v) is 5.35. The van der Waals surface area contributed by atoms with Crippen molar-refractivity contribution in [1.82, 2.24) is 9.88 Å². The van der Waals surface area contributed by atoms with Gasteiger partial charge in [-0.1, -0.05) is 29.8 Å². The predicted octanol–water partition coefficient (Wildman–Crippen LogP) is 5.45. The van der Waals surface area contributed by atoms with E-state index in [1.54, 1.807) is 18.3 Å². The summed E-state index contributed by atoms with van der Waals surface area (Å²) in [6.45, 7) is 4.97. The number of phenols is 1. The van der Waals surface area contributed by atoms with Gasteiger partial charge in [0, 0.05) is 42.0 Å². The van der Waals surface area contributed by atoms with Gasteiger partial charge in [0.25, 0.3) is 0 Å². The molecule has 1 fully saturated rings. The number of aromatic hydroxyl groups is 1. The Morgan fingerprint density at radius 2 is 1.94 bits per heavy atom. The number of rotatable bonds is 4. The molecule has 0 saturated carbocycles. The molecule has 2 aromatic carbocycles. The van der Waals surface area contributed by atoms with E-state index in [2.05, 4.69) is 22.0 Å². The van der Waals surface area contributed by atoms with E-state index >= 15 is 0 Å². The number of benzene rings is 2. The number of piperidine rings is 1. The van der Waals surface area contributed by atoms with Crippen molar-refractivity contribution in [3.63, 3.8) is 0 Å². The van der Waals surface area contributed by atoms with Crippen LogP contribution in [0.25, 0.3) is 5.57 Å². The average molecular weight is 477 g/mol. The van der Waals surface area contributed by atoms with E-state index in [4.69, 9.17) is 16.3 Å². The molecule has 1 aromatic heterocycles. The Kier molecular flexibility index (Phi) is 6.34. The van der Waals surface area contributed by atoms with Gasteiger partial charge in [-0.15, -0.1) is 0 Å². The van der Waals surface area contributed by atoms with E-state index in [-0.39, 0.29) is 5.75 Å². The van der Waals surface area contributed by atoms with Gasteiger partial charge in [-0.3, -0.25) is 4.98 Å². The highest BCUT2D eigenvalue weighted by Crippen LogP contribution is 2.39. The van der Waals surface area contributed by atoms with E-state index in [0.717, 1.165) is 65.3 Å². The molecule has 0 bridgehead atoms. The van der Waals surface area contributed by atoms with Crippen LogP contribution in [0.15, 0.2) is 60.8 Å². The Morgan fingerprint density at radius 1 is 1.12 bits per heavy atom. The smallest absolute Gasteiger partial charge is 0.131 e. The molecule has 5 nitrogen and oxygen atoms in total. The number of hydrogen-bond acceptors (Lipinski definition) is 5. The number of hydrogen-bond donors (Lipinski definition) is 2. The normalized spacial score (nSPS) is 18.6. The first-order chi connectivity index (χ1) is 16.4. The van der Waals surface area contributed by atoms with E-state index < -0.39 is 5.60 Å². The summed E-state index contributed by atoms with van der Waals surface area (Å²) in [6.07, 6.45) is 6.24. The molecule has 3 heterocycles. The molecule has 2 aliphatic rings. The van der Waals surface area contributed by atoms with Crippen molar-refractivity contribution in [2.45, 2.75) is 38.4 Å². The monoisotopic (exact) mass is 476 g/mol. The Bertz CT molecular complexity index is 1230. The van der Waals surface area contributed by atoms with Gasteiger partial charge in [0.05, 0.1) is 11.3 Å². The van der Waals surface area contributed by atoms with Crippen LogP contribution < -0.4 is 4.74 Å². The fourth-order valence-electron chi connectivity index (χ4n) is 5.12. The summed E-state index contributed by atoms with van der Waals surface area (Å²) in [5, 5.41) is 22.1. The molecule has 2 aliphatic heterocycles. The minimum atomic E-state index is -0.802. The summed E-state index contributed by atoms with van der Waals surface area (Å²) >= 11 is 6.11. The fraction of sp³-hybridized carbons (Fsp3) is 0.321. The van der Waals surface area contributed by atoms with Crippen LogP contribution in [0.2, 0.25) is 5.02 Å². The zero-order valence-electron chi connectivity index (χ0n) is 19.3. The van der Waals surface area contributed by atoms with Crippen molar-refractivity contribution >= 4 is 17.2 Å². The Labute approximate surface area is 205 Å². The van der Waals surface area contributed by atoms with Crippen LogP contribution in [0.3, 0.4) is 0 Å². The number of aromatic nitrogens is 1. The van der Waals surface area contributed by atoms with Gasteiger partial charge in [0.1, 0.15) is 18.1 Å². The first kappa shape index (κ1) is 22.9. The van der Waals surface area contributed by atoms with Crippen LogP contribution in [-0.4, -0.2) is 39.7 Å². The summed E-state index contributed by atoms with van der Waals surface area (Å²) in [6, 6.07) is 15.0. The largest absolute Gasteiger partial charge is 0.508 e. The zero-order chi connectivity index (χ0) is 23.7. The molecule has 5 rings (SSSR count). The molecule has 6 heteroatoms. The third-order valence-electron chi connectivity index (χ3n) is 6.96. The second-order valence-corrected chi connectivity index (χ2v) is 9.64. The Morgan fingerprint density at radius 3 is 2.74 bits per heavy atom. The molecule has 1 saturated heterocycles. The van der Waals surface area contributed by atoms with Crippen LogP contribution >= 0.6 is 11.6 Å². The number of pyridine rings is 1. The number of aryl methyl sites for hydroxylation is 1. The van der Waals surface area contributed by atoms with Gasteiger partial charge in [0.15, 0.2) is 0 Å². The summed E-state index contributed by atoms with van der Waals surface area (Å²) in [5.74, 6) is 0.969. The Balaban J connectivity index is 1.31. The van der Waals surface area contributed by atoms with E-state index in [1.165, 1.54) is 0 Å². The lowest BCUT2D eigenvalue weighted by molar-refractivity contribution is -0.0259. The maximum atomic E-state index is 11.3. The number of ether oxygens (including phenoxy) is 1. The molecular formula is C28H29ClN2O3. The molecule has 0 unspecified atom stereocenters. The number of fused-ring (bicyclic) bond motifs is 2. The van der Waals surface area contributed by atoms with Crippen molar-refractivity contribution in [1.29, 1.82) is 0 Å². The molecular weight excluding hydrogens is 448 g/mol. The minimum Gasteiger partial charge on any atom is -0.508 e. The van der Waals surface area contributed by atoms with Crippen molar-refractivity contribution in [3.8, 4) is 11.5 Å². The van der Waals surface area contributed by atoms with Crippen molar-refractivity contribution in [2.75, 3.05) is 19.6 Å². The summed E-state index contributed by atoms with van der Waals surface area (Å²) in [5.41, 5.74) is 5.08. The molecule has 0 amide bonds. The van der Waals surface area contributed by atoms with E-state index in [9.17, 15) is 10.2 Å². The van der Waals surface area contributed by atoms with Crippen LogP contribution in [0.5, 0.6) is 11.5 Å². The van der Waals surface area contributed by atoms with Gasteiger partial charge in [0.2, 0.25) is 0 Å². The molecule has 0 aliphatic carbocycles. The number of phenolic OH excluding ortho intramolecular Hbond substituents is 1. The lowest BCUT2D eigenvalue weighted by atomic mass is 9.82. The van der Waals surface area contributed by atoms with Crippen LogP contribution in [-0.2, 0) is 12.2 Å². The first-order valence-electron chi connectivity index (χ1n) is 11.7. The molecule has 3 aromatic rings. The first-order valence-corrected chi connectivity index (χ1v) is 12.1. The number of likely N-dealkylation sites (tertiary alicyclic amines) is 1. The third-order valence-corrected chi connectivity index (χ3v) is 7.20. The van der Waals surface area contributed by atoms with Crippen molar-refractivity contribution < 1.29 is 14.9 Å². The molecule has 176 valence electrons. The average Bonchev–Trinajstić information content (AvgIpc) is 2.97. The molecule has 0 spiro atoms. The van der Waals surface area contributed by atoms with Gasteiger partial charge in [-0.05, 0) is 79.3 Å². The zero-order valence-corrected chi connectivity index (χ0v) is 20.1. The van der Waals surface area contributed by atoms with Gasteiger partial charge < -0.3 is 19.8 Å². The standard InChI is InChI=1S/C28H29ClN2O3/c1-19-16-20(29)6-8-25(19)28(33)10-14-31(15-11-28)13-3-5-22-23-4-2-12-30-26(23)18-34-27-9-7-21(32)17-24(22)27/h2,4-9,12,16-17,32-33H,3,10-11,13-15,18H2,1H3/b22-5+. The lowest BCUT2D eigenvalue weighted by Crippen LogP contribution is -2.43. The van der Waals surface area contributed by atoms with E-state index in [1.807, 2.05) is 37.3 Å². The quantitative estimate of drug-likeness (QED) is 0.524. The summed E-state index contributed by atoms with van der Waals surface area (Å²) in [7, 11) is 0. The van der Waals surface area contributed by atoms with Crippen molar-refractivity contribution in [3.05, 3.63) is 93.8 Å². The van der Waals surface area contributed by atoms with E-state index in [0.29, 0.717) is 24.5 Å². The third kappa shape index (κ3) is 4.56. The highest BCUT2D eigenvalue weighted by Gasteiger charge is 2.34. The maximum Gasteiger partial charge on any atom is 0.131 e. The summed E-state index contributed by atoms with van der Waals surface area (Å²) < 4.78 is 5.98. The number of halogens is 1. The van der Waals surface area contributed by atoms with Gasteiger partial charge in [-0.25, -0.2) is 0 Å². The second kappa shape index (κ2) is 9.41. The van der Waals surface area contributed by atoms with Gasteiger partial charge in [-0.2, -0.15) is 0 Å². The topological polar surface area (TPSA) is 65.8 Å². The molecule has 2 N–H and O–H groups in total. The molecule has 0 radical (unpaired) electrons. The highest BCUT2D eigenvalue weighted by atomic mass is 35.5. The summed E-state index contributed by atoms with van der Waals surface area (Å²) in [4.78, 5) is 6.92. The minimum absolute atomic E-state index is 0.216. The lowest BCUT2D eigenvalue weighted by Gasteiger charge is -2.39. The molecule has 0 atom stereocenters. The maximum absolute atomic E-state index is 11.3. The second-order valence-electron chi connectivity index (χ2n) is 9.21. The van der Waals surface area contributed by atoms with Gasteiger partial charge >= 0.3 is 0 Å². The Hall–Kier alpha value is -2.86. The SMILES string of the molecule is Cc1cc(Cl)ccc1C1(O)CCN(CC/C=C2/c3cc(O)ccc3OCc3ncccc32)CC1. The van der Waals surface area contributed by atoms with Crippen LogP contribution in [0.1, 0.15) is 47.2 Å². The number of aliphatic hydroxyl groups is 1. The van der Waals surface area contributed by atoms with Crippen LogP contribution in [0, 0.1) is 6.92 Å². The molecule has 34 heavy (non-hydrogen) atoms. The number of nitrogens with zero attached hydrogens (tertiary/aromatic N) is 2. The van der Waals surface area contributed by atoms with Crippen LogP contribution in [0.4, 0.5) is 0 Å². The predicted molar refractivity (Wildman–Crippen MR) is 134 cm³/mol.